The zero-order valence-electron chi connectivity index (χ0n) is 31.9. The molecule has 0 saturated carbocycles. The summed E-state index contributed by atoms with van der Waals surface area (Å²) in [6, 6.07) is 10.6. The van der Waals surface area contributed by atoms with Crippen molar-refractivity contribution in [3.63, 3.8) is 0 Å². The zero-order chi connectivity index (χ0) is 40.9. The number of imide groups is 2. The predicted molar refractivity (Wildman–Crippen MR) is 208 cm³/mol. The van der Waals surface area contributed by atoms with Crippen LogP contribution in [-0.2, 0) is 23.9 Å². The van der Waals surface area contributed by atoms with Crippen molar-refractivity contribution in [2.45, 2.75) is 50.2 Å². The van der Waals surface area contributed by atoms with Crippen LogP contribution >= 0.6 is 11.6 Å². The van der Waals surface area contributed by atoms with Gasteiger partial charge in [0.2, 0.25) is 17.7 Å². The van der Waals surface area contributed by atoms with Gasteiger partial charge in [0.1, 0.15) is 23.9 Å². The van der Waals surface area contributed by atoms with Gasteiger partial charge in [-0.3, -0.25) is 39.0 Å². The largest absolute Gasteiger partial charge is 0.483 e. The number of anilines is 1. The summed E-state index contributed by atoms with van der Waals surface area (Å²) < 4.78 is 11.3. The maximum Gasteiger partial charge on any atom is 0.266 e. The number of nitrogens with zero attached hydrogens (tertiary/aromatic N) is 5. The molecule has 3 aliphatic heterocycles. The minimum absolute atomic E-state index is 0.0000856. The Balaban J connectivity index is 0.834. The number of benzene rings is 2. The van der Waals surface area contributed by atoms with Gasteiger partial charge in [-0.2, -0.15) is 0 Å². The van der Waals surface area contributed by atoms with Crippen LogP contribution in [0.15, 0.2) is 48.8 Å². The van der Waals surface area contributed by atoms with Crippen molar-refractivity contribution in [3.8, 4) is 5.75 Å². The molecular weight excluding hydrogens is 772 g/mol. The summed E-state index contributed by atoms with van der Waals surface area (Å²) >= 11 is 6.16. The normalized spacial score (nSPS) is 20.8. The first-order chi connectivity index (χ1) is 28.0. The highest BCUT2D eigenvalue weighted by Crippen LogP contribution is 2.43. The molecule has 0 bridgehead atoms. The molecule has 7 rings (SSSR count). The Morgan fingerprint density at radius 1 is 1.00 bits per heavy atom. The van der Waals surface area contributed by atoms with Gasteiger partial charge in [0, 0.05) is 62.8 Å². The number of rotatable bonds is 15. The second-order valence-electron chi connectivity index (χ2n) is 14.6. The first kappa shape index (κ1) is 40.7. The summed E-state index contributed by atoms with van der Waals surface area (Å²) in [5.41, 5.74) is 2.54. The van der Waals surface area contributed by atoms with Crippen molar-refractivity contribution in [1.29, 1.82) is 0 Å². The third-order valence-electron chi connectivity index (χ3n) is 10.9. The van der Waals surface area contributed by atoms with E-state index in [1.165, 1.54) is 24.5 Å². The summed E-state index contributed by atoms with van der Waals surface area (Å²) in [5.74, 6) is -2.50. The molecule has 18 heteroatoms. The molecule has 4 atom stereocenters. The van der Waals surface area contributed by atoms with Crippen LogP contribution in [0, 0.1) is 0 Å². The minimum Gasteiger partial charge on any atom is -0.483 e. The van der Waals surface area contributed by atoms with Crippen molar-refractivity contribution >= 4 is 52.9 Å². The number of carbonyl (C=O) groups is 6. The summed E-state index contributed by atoms with van der Waals surface area (Å²) in [4.78, 5) is 90.5. The lowest BCUT2D eigenvalue weighted by Gasteiger charge is -2.38. The van der Waals surface area contributed by atoms with Crippen molar-refractivity contribution in [2.24, 2.45) is 0 Å². The molecule has 1 unspecified atom stereocenters. The lowest BCUT2D eigenvalue weighted by molar-refractivity contribution is -0.136. The van der Waals surface area contributed by atoms with E-state index in [2.05, 4.69) is 37.7 Å². The number of piperidine rings is 1. The molecular formula is C40H45ClN8O9. The number of halogens is 1. The molecule has 0 spiro atoms. The Bertz CT molecular complexity index is 2080. The van der Waals surface area contributed by atoms with E-state index in [0.717, 1.165) is 21.8 Å². The molecule has 1 aromatic heterocycles. The molecule has 6 amide bonds. The third-order valence-corrected chi connectivity index (χ3v) is 11.1. The lowest BCUT2D eigenvalue weighted by Crippen LogP contribution is -2.54. The Kier molecular flexibility index (Phi) is 12.6. The van der Waals surface area contributed by atoms with Gasteiger partial charge in [-0.1, -0.05) is 36.7 Å². The fourth-order valence-electron chi connectivity index (χ4n) is 7.91. The number of hydrogen-bond acceptors (Lipinski definition) is 13. The number of aromatic nitrogens is 2. The average molecular weight is 817 g/mol. The van der Waals surface area contributed by atoms with Gasteiger partial charge in [0.05, 0.1) is 42.1 Å². The van der Waals surface area contributed by atoms with E-state index in [0.29, 0.717) is 63.0 Å². The number of aliphatic hydroxyl groups excluding tert-OH is 1. The first-order valence-electron chi connectivity index (χ1n) is 19.4. The van der Waals surface area contributed by atoms with E-state index in [1.54, 1.807) is 12.1 Å². The van der Waals surface area contributed by atoms with Gasteiger partial charge in [0.25, 0.3) is 17.7 Å². The highest BCUT2D eigenvalue weighted by atomic mass is 35.5. The second kappa shape index (κ2) is 18.0. The van der Waals surface area contributed by atoms with E-state index >= 15 is 0 Å². The fourth-order valence-corrected chi connectivity index (χ4v) is 8.04. The van der Waals surface area contributed by atoms with Crippen molar-refractivity contribution in [3.05, 3.63) is 81.8 Å². The molecule has 2 saturated heterocycles. The number of amides is 6. The molecule has 0 radical (unpaired) electrons. The monoisotopic (exact) mass is 816 g/mol. The van der Waals surface area contributed by atoms with Gasteiger partial charge in [0.15, 0.2) is 6.61 Å². The van der Waals surface area contributed by atoms with Gasteiger partial charge in [-0.15, -0.1) is 0 Å². The Labute approximate surface area is 339 Å². The van der Waals surface area contributed by atoms with E-state index in [9.17, 15) is 33.9 Å². The maximum absolute atomic E-state index is 13.9. The summed E-state index contributed by atoms with van der Waals surface area (Å²) in [7, 11) is 0. The van der Waals surface area contributed by atoms with Crippen LogP contribution in [0.1, 0.15) is 81.7 Å². The Hall–Kier alpha value is -5.49. The number of fused-ring (bicyclic) bond motifs is 2. The number of piperazine rings is 1. The van der Waals surface area contributed by atoms with Crippen LogP contribution in [-0.4, -0.2) is 132 Å². The molecule has 17 nitrogen and oxygen atoms in total. The van der Waals surface area contributed by atoms with E-state index in [1.807, 2.05) is 17.0 Å². The summed E-state index contributed by atoms with van der Waals surface area (Å²) in [6.45, 7) is 5.43. The molecule has 4 aliphatic rings. The van der Waals surface area contributed by atoms with E-state index in [4.69, 9.17) is 21.1 Å². The molecule has 4 heterocycles. The Morgan fingerprint density at radius 2 is 1.76 bits per heavy atom. The van der Waals surface area contributed by atoms with E-state index in [-0.39, 0.29) is 54.7 Å². The number of hydrogen-bond donors (Lipinski definition) is 4. The lowest BCUT2D eigenvalue weighted by atomic mass is 9.97. The molecule has 2 aromatic carbocycles. The van der Waals surface area contributed by atoms with Crippen molar-refractivity contribution in [1.82, 2.24) is 35.7 Å². The fraction of sp³-hybridized carbons (Fsp3) is 0.450. The predicted octanol–water partition coefficient (Wildman–Crippen LogP) is 1.31. The highest BCUT2D eigenvalue weighted by molar-refractivity contribution is 6.30. The van der Waals surface area contributed by atoms with Crippen LogP contribution < -0.4 is 25.6 Å². The van der Waals surface area contributed by atoms with Crippen molar-refractivity contribution in [2.75, 3.05) is 70.5 Å². The standard InChI is InChI=1S/C40H45ClN8O9/c1-23-19-29(50)35-33(23)36(45-22-44-35)47-13-15-48(16-14-47)38(54)27(24-5-7-25(41)8-6-24)20-42-11-17-57-18-12-43-32(52)21-58-30-4-2-3-26-34(30)40(56)49(39(26)55)28-9-10-31(51)46-37(28)53/h2-8,22-23,27-29,42,50H,9-21H2,1H3,(H,43,52)(H,46,51,53)/t23-,27-,28?,29-/m1/s1. The van der Waals surface area contributed by atoms with Gasteiger partial charge >= 0.3 is 0 Å². The quantitative estimate of drug-likeness (QED) is 0.126. The van der Waals surface area contributed by atoms with Crippen LogP contribution in [0.2, 0.25) is 5.02 Å². The summed E-state index contributed by atoms with van der Waals surface area (Å²) in [6.07, 6.45) is 1.56. The molecule has 58 heavy (non-hydrogen) atoms. The van der Waals surface area contributed by atoms with Crippen LogP contribution in [0.4, 0.5) is 5.82 Å². The number of nitrogens with one attached hydrogen (secondary N) is 3. The maximum atomic E-state index is 13.9. The molecule has 2 fully saturated rings. The number of ether oxygens (including phenoxy) is 2. The number of aliphatic hydroxyl groups is 1. The molecule has 1 aliphatic carbocycles. The van der Waals surface area contributed by atoms with Crippen LogP contribution in [0.5, 0.6) is 5.75 Å². The second-order valence-corrected chi connectivity index (χ2v) is 15.1. The molecule has 306 valence electrons. The summed E-state index contributed by atoms with van der Waals surface area (Å²) in [5, 5.41) is 19.2. The average Bonchev–Trinajstić information content (AvgIpc) is 3.66. The first-order valence-corrected chi connectivity index (χ1v) is 19.7. The third kappa shape index (κ3) is 8.67. The van der Waals surface area contributed by atoms with Gasteiger partial charge in [-0.25, -0.2) is 9.97 Å². The van der Waals surface area contributed by atoms with Gasteiger partial charge < -0.3 is 35.0 Å². The highest BCUT2D eigenvalue weighted by Gasteiger charge is 2.46. The smallest absolute Gasteiger partial charge is 0.266 e. The van der Waals surface area contributed by atoms with Crippen molar-refractivity contribution < 1.29 is 43.3 Å². The Morgan fingerprint density at radius 3 is 2.52 bits per heavy atom. The van der Waals surface area contributed by atoms with E-state index < -0.39 is 54.2 Å². The van der Waals surface area contributed by atoms with Crippen LogP contribution in [0.3, 0.4) is 0 Å². The zero-order valence-corrected chi connectivity index (χ0v) is 32.7. The topological polar surface area (TPSA) is 213 Å². The minimum atomic E-state index is -1.12. The van der Waals surface area contributed by atoms with Gasteiger partial charge in [-0.05, 0) is 48.6 Å². The molecule has 4 N–H and O–H groups in total. The SMILES string of the molecule is C[C@@H]1C[C@@H](O)c2ncnc(N3CCN(C(=O)[C@H](CNCCOCCNC(=O)COc4cccc5c4C(=O)N(C4CCC(=O)NC4=O)C5=O)c4ccc(Cl)cc4)CC3)c21. The number of carbonyl (C=O) groups excluding carboxylic acids is 6. The molecule has 3 aromatic rings. The van der Waals surface area contributed by atoms with Crippen LogP contribution in [0.25, 0.3) is 0 Å².